The van der Waals surface area contributed by atoms with Crippen molar-refractivity contribution in [2.75, 3.05) is 39.8 Å². The molecular weight excluding hydrogens is 328 g/mol. The minimum absolute atomic E-state index is 0.0729. The summed E-state index contributed by atoms with van der Waals surface area (Å²) < 4.78 is 0. The van der Waals surface area contributed by atoms with Crippen LogP contribution in [0.3, 0.4) is 0 Å². The van der Waals surface area contributed by atoms with Crippen LogP contribution in [0.5, 0.6) is 0 Å². The molecule has 6 nitrogen and oxygen atoms in total. The molecule has 1 fully saturated rings. The van der Waals surface area contributed by atoms with Gasteiger partial charge >= 0.3 is 0 Å². The minimum Gasteiger partial charge on any atom is -0.340 e. The van der Waals surface area contributed by atoms with Gasteiger partial charge in [0, 0.05) is 33.2 Å². The van der Waals surface area contributed by atoms with Gasteiger partial charge in [-0.3, -0.25) is 14.5 Å². The number of likely N-dealkylation sites (N-methyl/N-ethyl adjacent to an activating group) is 1. The highest BCUT2D eigenvalue weighted by Crippen LogP contribution is 2.13. The summed E-state index contributed by atoms with van der Waals surface area (Å²) in [5, 5.41) is 9.15. The number of aryl methyl sites for hydroxylation is 1. The van der Waals surface area contributed by atoms with Crippen molar-refractivity contribution < 1.29 is 9.59 Å². The zero-order valence-corrected chi connectivity index (χ0v) is 16.2. The molecule has 26 heavy (non-hydrogen) atoms. The van der Waals surface area contributed by atoms with Gasteiger partial charge in [-0.15, -0.1) is 0 Å². The molecule has 2 amide bonds. The summed E-state index contributed by atoms with van der Waals surface area (Å²) in [6, 6.07) is 10.1. The molecule has 0 aliphatic carbocycles. The average Bonchev–Trinajstić information content (AvgIpc) is 2.63. The van der Waals surface area contributed by atoms with Crippen molar-refractivity contribution in [3.63, 3.8) is 0 Å². The quantitative estimate of drug-likeness (QED) is 0.801. The summed E-state index contributed by atoms with van der Waals surface area (Å²) in [7, 11) is 1.66. The molecule has 6 heteroatoms. The first-order valence-corrected chi connectivity index (χ1v) is 8.97. The standard InChI is InChI=1S/C20H28N4O2/c1-16-7-5-6-8-17(16)13-18(25)24-11-9-23(10-12-24)14-19(26)22(4)20(2,3)15-21/h5-8H,9-14H2,1-4H3. The van der Waals surface area contributed by atoms with Crippen LogP contribution in [0.4, 0.5) is 0 Å². The molecule has 140 valence electrons. The Morgan fingerprint density at radius 1 is 1.19 bits per heavy atom. The third kappa shape index (κ3) is 4.83. The lowest BCUT2D eigenvalue weighted by molar-refractivity contribution is -0.136. The van der Waals surface area contributed by atoms with Crippen LogP contribution in [-0.2, 0) is 16.0 Å². The van der Waals surface area contributed by atoms with E-state index in [1.807, 2.05) is 41.0 Å². The summed E-state index contributed by atoms with van der Waals surface area (Å²) in [4.78, 5) is 30.3. The summed E-state index contributed by atoms with van der Waals surface area (Å²) in [5.74, 6) is 0.0595. The third-order valence-corrected chi connectivity index (χ3v) is 5.17. The summed E-state index contributed by atoms with van der Waals surface area (Å²) in [6.45, 7) is 8.36. The zero-order chi connectivity index (χ0) is 19.3. The Hall–Kier alpha value is -2.39. The number of carbonyl (C=O) groups is 2. The van der Waals surface area contributed by atoms with E-state index < -0.39 is 5.54 Å². The Morgan fingerprint density at radius 3 is 2.38 bits per heavy atom. The maximum absolute atomic E-state index is 12.5. The van der Waals surface area contributed by atoms with Crippen LogP contribution in [0.15, 0.2) is 24.3 Å². The first-order valence-electron chi connectivity index (χ1n) is 8.97. The molecule has 0 unspecified atom stereocenters. The molecule has 0 N–H and O–H groups in total. The van der Waals surface area contributed by atoms with Crippen molar-refractivity contribution in [3.05, 3.63) is 35.4 Å². The number of nitriles is 1. The topological polar surface area (TPSA) is 67.7 Å². The van der Waals surface area contributed by atoms with E-state index in [1.165, 1.54) is 4.90 Å². The minimum atomic E-state index is -0.817. The fourth-order valence-corrected chi connectivity index (χ4v) is 2.92. The van der Waals surface area contributed by atoms with Crippen LogP contribution in [0.1, 0.15) is 25.0 Å². The van der Waals surface area contributed by atoms with Crippen LogP contribution in [0, 0.1) is 18.3 Å². The van der Waals surface area contributed by atoms with Crippen LogP contribution in [0.25, 0.3) is 0 Å². The number of rotatable bonds is 5. The van der Waals surface area contributed by atoms with Gasteiger partial charge in [0.25, 0.3) is 0 Å². The Kier molecular flexibility index (Phi) is 6.38. The van der Waals surface area contributed by atoms with Crippen molar-refractivity contribution in [2.24, 2.45) is 0 Å². The highest BCUT2D eigenvalue weighted by Gasteiger charge is 2.29. The van der Waals surface area contributed by atoms with Crippen molar-refractivity contribution in [2.45, 2.75) is 32.7 Å². The molecule has 1 aliphatic rings. The molecule has 1 saturated heterocycles. The molecule has 0 atom stereocenters. The number of piperazine rings is 1. The predicted octanol–water partition coefficient (Wildman–Crippen LogP) is 1.44. The summed E-state index contributed by atoms with van der Waals surface area (Å²) in [5.41, 5.74) is 1.38. The Morgan fingerprint density at radius 2 is 1.81 bits per heavy atom. The van der Waals surface area contributed by atoms with Crippen LogP contribution >= 0.6 is 0 Å². The van der Waals surface area contributed by atoms with E-state index in [-0.39, 0.29) is 18.4 Å². The van der Waals surface area contributed by atoms with Crippen molar-refractivity contribution in [1.29, 1.82) is 5.26 Å². The Labute approximate surface area is 156 Å². The number of carbonyl (C=O) groups excluding carboxylic acids is 2. The van der Waals surface area contributed by atoms with Crippen LogP contribution in [-0.4, -0.2) is 71.8 Å². The molecule has 1 aromatic rings. The van der Waals surface area contributed by atoms with Gasteiger partial charge in [-0.25, -0.2) is 0 Å². The zero-order valence-electron chi connectivity index (χ0n) is 16.2. The number of hydrogen-bond acceptors (Lipinski definition) is 4. The van der Waals surface area contributed by atoms with Gasteiger partial charge in [0.15, 0.2) is 0 Å². The lowest BCUT2D eigenvalue weighted by Crippen LogP contribution is -2.53. The highest BCUT2D eigenvalue weighted by molar-refractivity contribution is 5.80. The van der Waals surface area contributed by atoms with E-state index in [2.05, 4.69) is 6.07 Å². The van der Waals surface area contributed by atoms with Crippen LogP contribution in [0.2, 0.25) is 0 Å². The predicted molar refractivity (Wildman–Crippen MR) is 100 cm³/mol. The maximum Gasteiger partial charge on any atom is 0.237 e. The second-order valence-corrected chi connectivity index (χ2v) is 7.38. The molecule has 0 aromatic heterocycles. The van der Waals surface area contributed by atoms with E-state index in [4.69, 9.17) is 5.26 Å². The third-order valence-electron chi connectivity index (χ3n) is 5.17. The number of amides is 2. The summed E-state index contributed by atoms with van der Waals surface area (Å²) in [6.07, 6.45) is 0.421. The Balaban J connectivity index is 1.83. The normalized spacial score (nSPS) is 15.4. The van der Waals surface area contributed by atoms with Gasteiger partial charge in [-0.1, -0.05) is 24.3 Å². The molecule has 1 heterocycles. The number of hydrogen-bond donors (Lipinski definition) is 0. The average molecular weight is 356 g/mol. The maximum atomic E-state index is 12.5. The van der Waals surface area contributed by atoms with E-state index >= 15 is 0 Å². The van der Waals surface area contributed by atoms with Gasteiger partial charge in [0.2, 0.25) is 11.8 Å². The van der Waals surface area contributed by atoms with Crippen molar-refractivity contribution >= 4 is 11.8 Å². The van der Waals surface area contributed by atoms with E-state index in [0.717, 1.165) is 11.1 Å². The monoisotopic (exact) mass is 356 g/mol. The fourth-order valence-electron chi connectivity index (χ4n) is 2.92. The lowest BCUT2D eigenvalue weighted by Gasteiger charge is -2.36. The molecule has 0 radical (unpaired) electrons. The second kappa shape index (κ2) is 8.33. The first kappa shape index (κ1) is 19.9. The van der Waals surface area contributed by atoms with E-state index in [1.54, 1.807) is 20.9 Å². The molecule has 1 aromatic carbocycles. The van der Waals surface area contributed by atoms with Gasteiger partial charge in [0.1, 0.15) is 5.54 Å². The first-order chi connectivity index (χ1) is 12.2. The second-order valence-electron chi connectivity index (χ2n) is 7.38. The molecular formula is C20H28N4O2. The van der Waals surface area contributed by atoms with Gasteiger partial charge < -0.3 is 9.80 Å². The SMILES string of the molecule is Cc1ccccc1CC(=O)N1CCN(CC(=O)N(C)C(C)(C)C#N)CC1. The van der Waals surface area contributed by atoms with Crippen molar-refractivity contribution in [1.82, 2.24) is 14.7 Å². The largest absolute Gasteiger partial charge is 0.340 e. The molecule has 0 bridgehead atoms. The smallest absolute Gasteiger partial charge is 0.237 e. The highest BCUT2D eigenvalue weighted by atomic mass is 16.2. The van der Waals surface area contributed by atoms with Crippen LogP contribution < -0.4 is 0 Å². The molecule has 2 rings (SSSR count). The van der Waals surface area contributed by atoms with E-state index in [0.29, 0.717) is 32.6 Å². The molecule has 0 saturated carbocycles. The lowest BCUT2D eigenvalue weighted by atomic mass is 10.1. The Bertz CT molecular complexity index is 700. The van der Waals surface area contributed by atoms with Gasteiger partial charge in [0.05, 0.1) is 19.0 Å². The summed E-state index contributed by atoms with van der Waals surface area (Å²) >= 11 is 0. The molecule has 1 aliphatic heterocycles. The van der Waals surface area contributed by atoms with Gasteiger partial charge in [-0.2, -0.15) is 5.26 Å². The van der Waals surface area contributed by atoms with Crippen molar-refractivity contribution in [3.8, 4) is 6.07 Å². The molecule has 0 spiro atoms. The van der Waals surface area contributed by atoms with Gasteiger partial charge in [-0.05, 0) is 31.9 Å². The number of nitrogens with zero attached hydrogens (tertiary/aromatic N) is 4. The number of benzene rings is 1. The van der Waals surface area contributed by atoms with E-state index in [9.17, 15) is 9.59 Å². The fraction of sp³-hybridized carbons (Fsp3) is 0.550.